The molecule has 23 heavy (non-hydrogen) atoms. The molecule has 2 heterocycles. The molecule has 1 aliphatic rings. The molecule has 3 aromatic rings. The minimum atomic E-state index is 0.0280. The van der Waals surface area contributed by atoms with Crippen molar-refractivity contribution in [1.29, 1.82) is 0 Å². The Labute approximate surface area is 135 Å². The van der Waals surface area contributed by atoms with Gasteiger partial charge in [0.1, 0.15) is 0 Å². The zero-order chi connectivity index (χ0) is 15.8. The minimum Gasteiger partial charge on any atom is -0.337 e. The highest BCUT2D eigenvalue weighted by molar-refractivity contribution is 6.04. The Morgan fingerprint density at radius 2 is 2.04 bits per heavy atom. The van der Waals surface area contributed by atoms with E-state index in [2.05, 4.69) is 34.5 Å². The first kappa shape index (κ1) is 14.0. The molecule has 2 aromatic carbocycles. The van der Waals surface area contributed by atoms with Gasteiger partial charge in [-0.05, 0) is 31.0 Å². The van der Waals surface area contributed by atoms with E-state index in [0.29, 0.717) is 11.6 Å². The molecule has 0 aliphatic carbocycles. The number of likely N-dealkylation sites (tertiary alicyclic amines) is 1. The Balaban J connectivity index is 1.59. The predicted octanol–water partition coefficient (Wildman–Crippen LogP) is 3.50. The van der Waals surface area contributed by atoms with E-state index in [0.717, 1.165) is 36.0 Å². The normalized spacial score (nSPS) is 17.8. The second kappa shape index (κ2) is 5.54. The molecule has 4 heteroatoms. The molecule has 1 saturated heterocycles. The maximum atomic E-state index is 12.9. The number of fused-ring (bicyclic) bond motifs is 1. The molecule has 0 saturated carbocycles. The van der Waals surface area contributed by atoms with Crippen LogP contribution in [0.2, 0.25) is 0 Å². The van der Waals surface area contributed by atoms with Crippen molar-refractivity contribution in [2.24, 2.45) is 0 Å². The van der Waals surface area contributed by atoms with Crippen molar-refractivity contribution in [2.45, 2.75) is 19.3 Å². The molecule has 0 bridgehead atoms. The maximum Gasteiger partial charge on any atom is 0.275 e. The number of nitrogens with one attached hydrogen (secondary N) is 1. The van der Waals surface area contributed by atoms with E-state index in [1.165, 1.54) is 5.56 Å². The van der Waals surface area contributed by atoms with Gasteiger partial charge in [0.15, 0.2) is 5.69 Å². The van der Waals surface area contributed by atoms with Crippen LogP contribution in [0.15, 0.2) is 48.5 Å². The smallest absolute Gasteiger partial charge is 0.275 e. The van der Waals surface area contributed by atoms with Crippen LogP contribution in [0, 0.1) is 6.92 Å². The van der Waals surface area contributed by atoms with Gasteiger partial charge in [0.05, 0.1) is 5.52 Å². The lowest BCUT2D eigenvalue weighted by atomic mass is 9.99. The largest absolute Gasteiger partial charge is 0.337 e. The zero-order valence-corrected chi connectivity index (χ0v) is 13.1. The third kappa shape index (κ3) is 2.50. The van der Waals surface area contributed by atoms with Gasteiger partial charge in [-0.25, -0.2) is 0 Å². The molecular weight excluding hydrogens is 286 g/mol. The van der Waals surface area contributed by atoms with Crippen molar-refractivity contribution < 1.29 is 4.79 Å². The van der Waals surface area contributed by atoms with Crippen molar-refractivity contribution >= 4 is 16.8 Å². The second-order valence-corrected chi connectivity index (χ2v) is 6.27. The van der Waals surface area contributed by atoms with Crippen molar-refractivity contribution in [3.8, 4) is 0 Å². The molecule has 0 unspecified atom stereocenters. The van der Waals surface area contributed by atoms with E-state index in [9.17, 15) is 4.79 Å². The summed E-state index contributed by atoms with van der Waals surface area (Å²) >= 11 is 0. The molecule has 4 nitrogen and oxygen atoms in total. The lowest BCUT2D eigenvalue weighted by Crippen LogP contribution is -2.28. The molecule has 1 aromatic heterocycles. The Hall–Kier alpha value is -2.62. The Bertz CT molecular complexity index is 853. The number of aryl methyl sites for hydroxylation is 1. The summed E-state index contributed by atoms with van der Waals surface area (Å²) in [5.74, 6) is 0.451. The van der Waals surface area contributed by atoms with Crippen molar-refractivity contribution in [3.05, 3.63) is 65.4 Å². The van der Waals surface area contributed by atoms with Gasteiger partial charge in [-0.3, -0.25) is 9.89 Å². The first-order valence-electron chi connectivity index (χ1n) is 8.01. The van der Waals surface area contributed by atoms with Crippen molar-refractivity contribution in [3.63, 3.8) is 0 Å². The van der Waals surface area contributed by atoms with Crippen LogP contribution in [0.25, 0.3) is 10.9 Å². The number of hydrogen-bond acceptors (Lipinski definition) is 2. The van der Waals surface area contributed by atoms with Crippen LogP contribution in [-0.2, 0) is 0 Å². The SMILES string of the molecule is Cc1ccc2[nH]nc(C(=O)N3CC[C@@H](c4ccccc4)C3)c2c1. The summed E-state index contributed by atoms with van der Waals surface area (Å²) in [7, 11) is 0. The summed E-state index contributed by atoms with van der Waals surface area (Å²) < 4.78 is 0. The zero-order valence-electron chi connectivity index (χ0n) is 13.1. The fourth-order valence-electron chi connectivity index (χ4n) is 3.38. The van der Waals surface area contributed by atoms with Gasteiger partial charge >= 0.3 is 0 Å². The molecule has 1 aliphatic heterocycles. The highest BCUT2D eigenvalue weighted by Gasteiger charge is 2.29. The number of aromatic amines is 1. The van der Waals surface area contributed by atoms with Crippen LogP contribution in [0.5, 0.6) is 0 Å². The summed E-state index contributed by atoms with van der Waals surface area (Å²) in [6, 6.07) is 16.5. The fraction of sp³-hybridized carbons (Fsp3) is 0.263. The molecule has 0 radical (unpaired) electrons. The summed E-state index contributed by atoms with van der Waals surface area (Å²) in [4.78, 5) is 14.8. The molecule has 0 spiro atoms. The summed E-state index contributed by atoms with van der Waals surface area (Å²) in [5, 5.41) is 8.14. The number of nitrogens with zero attached hydrogens (tertiary/aromatic N) is 2. The number of amides is 1. The number of benzene rings is 2. The van der Waals surface area contributed by atoms with Gasteiger partial charge in [-0.1, -0.05) is 42.0 Å². The van der Waals surface area contributed by atoms with Gasteiger partial charge in [-0.2, -0.15) is 5.10 Å². The van der Waals surface area contributed by atoms with E-state index in [1.807, 2.05) is 36.1 Å². The lowest BCUT2D eigenvalue weighted by Gasteiger charge is -2.15. The van der Waals surface area contributed by atoms with E-state index in [-0.39, 0.29) is 5.91 Å². The monoisotopic (exact) mass is 305 g/mol. The van der Waals surface area contributed by atoms with E-state index in [1.54, 1.807) is 0 Å². The first-order chi connectivity index (χ1) is 11.2. The topological polar surface area (TPSA) is 49.0 Å². The number of hydrogen-bond donors (Lipinski definition) is 1. The van der Waals surface area contributed by atoms with E-state index in [4.69, 9.17) is 0 Å². The van der Waals surface area contributed by atoms with Crippen LogP contribution in [0.4, 0.5) is 0 Å². The molecule has 1 fully saturated rings. The third-order valence-corrected chi connectivity index (χ3v) is 4.67. The van der Waals surface area contributed by atoms with Gasteiger partial charge in [0, 0.05) is 24.4 Å². The summed E-state index contributed by atoms with van der Waals surface area (Å²) in [6.45, 7) is 3.59. The summed E-state index contributed by atoms with van der Waals surface area (Å²) in [5.41, 5.74) is 3.90. The van der Waals surface area contributed by atoms with Crippen molar-refractivity contribution in [2.75, 3.05) is 13.1 Å². The van der Waals surface area contributed by atoms with Gasteiger partial charge in [0.25, 0.3) is 5.91 Å². The highest BCUT2D eigenvalue weighted by Crippen LogP contribution is 2.29. The second-order valence-electron chi connectivity index (χ2n) is 6.27. The minimum absolute atomic E-state index is 0.0280. The molecule has 1 amide bonds. The van der Waals surface area contributed by atoms with E-state index >= 15 is 0 Å². The van der Waals surface area contributed by atoms with Crippen LogP contribution in [0.3, 0.4) is 0 Å². The molecule has 1 atom stereocenters. The van der Waals surface area contributed by atoms with Gasteiger partial charge in [0.2, 0.25) is 0 Å². The van der Waals surface area contributed by atoms with Crippen LogP contribution in [0.1, 0.15) is 34.0 Å². The summed E-state index contributed by atoms with van der Waals surface area (Å²) in [6.07, 6.45) is 1.01. The number of H-pyrrole nitrogens is 1. The van der Waals surface area contributed by atoms with E-state index < -0.39 is 0 Å². The number of rotatable bonds is 2. The molecular formula is C19H19N3O. The lowest BCUT2D eigenvalue weighted by molar-refractivity contribution is 0.0787. The average Bonchev–Trinajstić information content (AvgIpc) is 3.22. The van der Waals surface area contributed by atoms with Crippen molar-refractivity contribution in [1.82, 2.24) is 15.1 Å². The number of carbonyl (C=O) groups is 1. The Kier molecular flexibility index (Phi) is 3.37. The van der Waals surface area contributed by atoms with Crippen LogP contribution in [-0.4, -0.2) is 34.1 Å². The quantitative estimate of drug-likeness (QED) is 0.787. The Morgan fingerprint density at radius 3 is 2.87 bits per heavy atom. The third-order valence-electron chi connectivity index (χ3n) is 4.67. The standard InChI is InChI=1S/C19H19N3O/c1-13-7-8-17-16(11-13)18(21-20-17)19(23)22-10-9-15(12-22)14-5-3-2-4-6-14/h2-8,11,15H,9-10,12H2,1H3,(H,20,21)/t15-/m1/s1. The van der Waals surface area contributed by atoms with Gasteiger partial charge < -0.3 is 4.90 Å². The Morgan fingerprint density at radius 1 is 1.22 bits per heavy atom. The maximum absolute atomic E-state index is 12.9. The molecule has 4 rings (SSSR count). The molecule has 1 N–H and O–H groups in total. The highest BCUT2D eigenvalue weighted by atomic mass is 16.2. The number of aromatic nitrogens is 2. The first-order valence-corrected chi connectivity index (χ1v) is 8.01. The predicted molar refractivity (Wildman–Crippen MR) is 90.5 cm³/mol. The van der Waals surface area contributed by atoms with Gasteiger partial charge in [-0.15, -0.1) is 0 Å². The number of carbonyl (C=O) groups excluding carboxylic acids is 1. The fourth-order valence-corrected chi connectivity index (χ4v) is 3.38. The van der Waals surface area contributed by atoms with Crippen LogP contribution < -0.4 is 0 Å². The molecule has 116 valence electrons. The van der Waals surface area contributed by atoms with Crippen LogP contribution >= 0.6 is 0 Å². The average molecular weight is 305 g/mol.